The van der Waals surface area contributed by atoms with Crippen LogP contribution >= 0.6 is 31.9 Å². The number of aromatic nitrogens is 2. The smallest absolute Gasteiger partial charge is 0.153 e. The SMILES string of the molecule is Nc1n[nH]c(-c2ccccc2Br)c1-c1ccccc1Br. The summed E-state index contributed by atoms with van der Waals surface area (Å²) in [6.45, 7) is 0. The molecule has 3 N–H and O–H groups in total. The topological polar surface area (TPSA) is 54.7 Å². The molecular weight excluding hydrogens is 382 g/mol. The van der Waals surface area contributed by atoms with Crippen LogP contribution in [0.1, 0.15) is 0 Å². The molecule has 0 fully saturated rings. The molecule has 0 aliphatic rings. The second-order valence-corrected chi connectivity index (χ2v) is 6.03. The Bertz CT molecular complexity index is 765. The summed E-state index contributed by atoms with van der Waals surface area (Å²) in [4.78, 5) is 0. The zero-order valence-corrected chi connectivity index (χ0v) is 13.6. The molecular formula is C15H11Br2N3. The van der Waals surface area contributed by atoms with E-state index in [0.29, 0.717) is 5.82 Å². The predicted octanol–water partition coefficient (Wildman–Crippen LogP) is 4.85. The zero-order chi connectivity index (χ0) is 14.1. The normalized spacial score (nSPS) is 10.7. The van der Waals surface area contributed by atoms with E-state index in [0.717, 1.165) is 31.3 Å². The van der Waals surface area contributed by atoms with Crippen molar-refractivity contribution in [2.45, 2.75) is 0 Å². The Morgan fingerprint density at radius 2 is 1.40 bits per heavy atom. The highest BCUT2D eigenvalue weighted by Gasteiger charge is 2.17. The lowest BCUT2D eigenvalue weighted by Gasteiger charge is -2.08. The van der Waals surface area contributed by atoms with Gasteiger partial charge >= 0.3 is 0 Å². The first-order valence-electron chi connectivity index (χ1n) is 6.02. The van der Waals surface area contributed by atoms with Crippen LogP contribution in [-0.4, -0.2) is 10.2 Å². The Kier molecular flexibility index (Phi) is 3.63. The van der Waals surface area contributed by atoms with Gasteiger partial charge in [0.2, 0.25) is 0 Å². The van der Waals surface area contributed by atoms with Gasteiger partial charge in [-0.3, -0.25) is 5.10 Å². The molecule has 0 spiro atoms. The van der Waals surface area contributed by atoms with Crippen LogP contribution in [0.3, 0.4) is 0 Å². The highest BCUT2D eigenvalue weighted by molar-refractivity contribution is 9.11. The standard InChI is InChI=1S/C15H11Br2N3/c16-11-7-3-1-5-9(11)13-14(19-20-15(13)18)10-6-2-4-8-12(10)17/h1-8H,(H3,18,19,20). The molecule has 5 heteroatoms. The average molecular weight is 393 g/mol. The lowest BCUT2D eigenvalue weighted by molar-refractivity contribution is 1.10. The van der Waals surface area contributed by atoms with E-state index in [-0.39, 0.29) is 0 Å². The molecule has 0 atom stereocenters. The van der Waals surface area contributed by atoms with E-state index in [1.807, 2.05) is 48.5 Å². The van der Waals surface area contributed by atoms with Gasteiger partial charge in [0.05, 0.1) is 11.3 Å². The van der Waals surface area contributed by atoms with Crippen LogP contribution in [0.15, 0.2) is 57.5 Å². The maximum absolute atomic E-state index is 6.05. The molecule has 3 aromatic rings. The van der Waals surface area contributed by atoms with Crippen LogP contribution < -0.4 is 5.73 Å². The second-order valence-electron chi connectivity index (χ2n) is 4.32. The van der Waals surface area contributed by atoms with Crippen LogP contribution in [0.5, 0.6) is 0 Å². The monoisotopic (exact) mass is 391 g/mol. The number of nitrogens with one attached hydrogen (secondary N) is 1. The van der Waals surface area contributed by atoms with E-state index in [1.165, 1.54) is 0 Å². The summed E-state index contributed by atoms with van der Waals surface area (Å²) in [6.07, 6.45) is 0. The van der Waals surface area contributed by atoms with Gasteiger partial charge < -0.3 is 5.73 Å². The molecule has 0 bridgehead atoms. The maximum atomic E-state index is 6.05. The molecule has 20 heavy (non-hydrogen) atoms. The minimum atomic E-state index is 0.489. The number of hydrogen-bond acceptors (Lipinski definition) is 2. The lowest BCUT2D eigenvalue weighted by atomic mass is 10.0. The minimum Gasteiger partial charge on any atom is -0.382 e. The van der Waals surface area contributed by atoms with Crippen LogP contribution in [0.25, 0.3) is 22.4 Å². The fourth-order valence-corrected chi connectivity index (χ4v) is 3.12. The molecule has 0 aliphatic carbocycles. The van der Waals surface area contributed by atoms with E-state index < -0.39 is 0 Å². The van der Waals surface area contributed by atoms with Gasteiger partial charge in [0.25, 0.3) is 0 Å². The first-order chi connectivity index (χ1) is 9.68. The summed E-state index contributed by atoms with van der Waals surface area (Å²) >= 11 is 7.14. The molecule has 1 heterocycles. The highest BCUT2D eigenvalue weighted by atomic mass is 79.9. The van der Waals surface area contributed by atoms with E-state index >= 15 is 0 Å². The summed E-state index contributed by atoms with van der Waals surface area (Å²) in [6, 6.07) is 16.0. The lowest BCUT2D eigenvalue weighted by Crippen LogP contribution is -1.90. The third-order valence-electron chi connectivity index (χ3n) is 3.08. The number of nitrogen functional groups attached to an aromatic ring is 1. The largest absolute Gasteiger partial charge is 0.382 e. The van der Waals surface area contributed by atoms with Gasteiger partial charge in [-0.2, -0.15) is 5.10 Å². The van der Waals surface area contributed by atoms with E-state index in [9.17, 15) is 0 Å². The molecule has 0 unspecified atom stereocenters. The van der Waals surface area contributed by atoms with Crippen molar-refractivity contribution in [1.29, 1.82) is 0 Å². The number of nitrogens with two attached hydrogens (primary N) is 1. The average Bonchev–Trinajstić information content (AvgIpc) is 2.82. The van der Waals surface area contributed by atoms with Crippen molar-refractivity contribution in [3.05, 3.63) is 57.5 Å². The first-order valence-corrected chi connectivity index (χ1v) is 7.60. The van der Waals surface area contributed by atoms with E-state index in [1.54, 1.807) is 0 Å². The Labute approximate surface area is 133 Å². The van der Waals surface area contributed by atoms with Gasteiger partial charge in [-0.1, -0.05) is 68.3 Å². The molecule has 0 radical (unpaired) electrons. The minimum absolute atomic E-state index is 0.489. The Morgan fingerprint density at radius 3 is 2.00 bits per heavy atom. The van der Waals surface area contributed by atoms with Crippen molar-refractivity contribution in [2.24, 2.45) is 0 Å². The van der Waals surface area contributed by atoms with Crippen molar-refractivity contribution in [1.82, 2.24) is 10.2 Å². The molecule has 3 rings (SSSR count). The first kappa shape index (κ1) is 13.4. The number of anilines is 1. The number of rotatable bonds is 2. The summed E-state index contributed by atoms with van der Waals surface area (Å²) < 4.78 is 1.98. The van der Waals surface area contributed by atoms with Gasteiger partial charge in [0.15, 0.2) is 5.82 Å². The van der Waals surface area contributed by atoms with Crippen LogP contribution in [0.4, 0.5) is 5.82 Å². The molecule has 100 valence electrons. The fraction of sp³-hybridized carbons (Fsp3) is 0. The number of benzene rings is 2. The van der Waals surface area contributed by atoms with Crippen molar-refractivity contribution < 1.29 is 0 Å². The molecule has 0 aliphatic heterocycles. The number of aromatic amines is 1. The maximum Gasteiger partial charge on any atom is 0.153 e. The highest BCUT2D eigenvalue weighted by Crippen LogP contribution is 2.40. The van der Waals surface area contributed by atoms with Gasteiger partial charge in [0, 0.05) is 20.1 Å². The Hall–Kier alpha value is -1.59. The third kappa shape index (κ3) is 2.27. The van der Waals surface area contributed by atoms with Crippen molar-refractivity contribution >= 4 is 37.7 Å². The molecule has 0 amide bonds. The van der Waals surface area contributed by atoms with Crippen molar-refractivity contribution in [2.75, 3.05) is 5.73 Å². The fourth-order valence-electron chi connectivity index (χ4n) is 2.15. The third-order valence-corrected chi connectivity index (χ3v) is 4.46. The number of hydrogen-bond donors (Lipinski definition) is 2. The Morgan fingerprint density at radius 1 is 0.850 bits per heavy atom. The van der Waals surface area contributed by atoms with Crippen LogP contribution in [0.2, 0.25) is 0 Å². The van der Waals surface area contributed by atoms with Crippen molar-refractivity contribution in [3.63, 3.8) is 0 Å². The number of halogens is 2. The molecule has 0 saturated carbocycles. The molecule has 2 aromatic carbocycles. The summed E-state index contributed by atoms with van der Waals surface area (Å²) in [7, 11) is 0. The second kappa shape index (κ2) is 5.42. The summed E-state index contributed by atoms with van der Waals surface area (Å²) in [5, 5.41) is 7.19. The predicted molar refractivity (Wildman–Crippen MR) is 89.3 cm³/mol. The van der Waals surface area contributed by atoms with Gasteiger partial charge in [-0.05, 0) is 12.1 Å². The molecule has 0 saturated heterocycles. The van der Waals surface area contributed by atoms with E-state index in [2.05, 4.69) is 42.1 Å². The number of H-pyrrole nitrogens is 1. The van der Waals surface area contributed by atoms with E-state index in [4.69, 9.17) is 5.73 Å². The van der Waals surface area contributed by atoms with Gasteiger partial charge in [0.1, 0.15) is 0 Å². The molecule has 1 aromatic heterocycles. The quantitative estimate of drug-likeness (QED) is 0.654. The van der Waals surface area contributed by atoms with Gasteiger partial charge in [-0.25, -0.2) is 0 Å². The summed E-state index contributed by atoms with van der Waals surface area (Å²) in [5.41, 5.74) is 9.91. The Balaban J connectivity index is 2.26. The number of nitrogens with zero attached hydrogens (tertiary/aromatic N) is 1. The van der Waals surface area contributed by atoms with Crippen molar-refractivity contribution in [3.8, 4) is 22.4 Å². The van der Waals surface area contributed by atoms with Gasteiger partial charge in [-0.15, -0.1) is 0 Å². The zero-order valence-electron chi connectivity index (χ0n) is 10.4. The van der Waals surface area contributed by atoms with Crippen LogP contribution in [-0.2, 0) is 0 Å². The van der Waals surface area contributed by atoms with Crippen LogP contribution in [0, 0.1) is 0 Å². The molecule has 3 nitrogen and oxygen atoms in total. The summed E-state index contributed by atoms with van der Waals surface area (Å²) in [5.74, 6) is 0.489.